The molecule has 0 aliphatic heterocycles. The molecule has 4 nitrogen and oxygen atoms in total. The van der Waals surface area contributed by atoms with Crippen LogP contribution in [0.1, 0.15) is 42.1 Å². The fourth-order valence-corrected chi connectivity index (χ4v) is 2.28. The topological polar surface area (TPSA) is 55.4 Å². The maximum atomic E-state index is 13.5. The second kappa shape index (κ2) is 8.24. The molecule has 2 aromatic rings. The second-order valence-corrected chi connectivity index (χ2v) is 5.50. The van der Waals surface area contributed by atoms with E-state index in [0.29, 0.717) is 11.6 Å². The Bertz CT molecular complexity index is 730. The molecule has 0 aromatic heterocycles. The monoisotopic (exact) mass is 329 g/mol. The molecule has 1 N–H and O–H groups in total. The van der Waals surface area contributed by atoms with Crippen molar-refractivity contribution in [2.45, 2.75) is 26.2 Å². The Labute approximate surface area is 140 Å². The third-order valence-corrected chi connectivity index (χ3v) is 3.81. The number of carbonyl (C=O) groups is 2. The van der Waals surface area contributed by atoms with E-state index in [0.717, 1.165) is 12.0 Å². The third-order valence-electron chi connectivity index (χ3n) is 3.81. The first-order chi connectivity index (χ1) is 11.5. The zero-order valence-corrected chi connectivity index (χ0v) is 13.7. The van der Waals surface area contributed by atoms with Crippen molar-refractivity contribution in [1.29, 1.82) is 0 Å². The van der Waals surface area contributed by atoms with Crippen LogP contribution in [0, 0.1) is 5.82 Å². The van der Waals surface area contributed by atoms with Crippen molar-refractivity contribution in [2.24, 2.45) is 0 Å². The lowest BCUT2D eigenvalue weighted by molar-refractivity contribution is -0.119. The number of ether oxygens (including phenoxy) is 1. The molecule has 0 saturated heterocycles. The molecular weight excluding hydrogens is 309 g/mol. The summed E-state index contributed by atoms with van der Waals surface area (Å²) in [5.41, 5.74) is 1.53. The summed E-state index contributed by atoms with van der Waals surface area (Å²) in [5, 5.41) is 2.74. The molecule has 0 heterocycles. The van der Waals surface area contributed by atoms with E-state index in [1.165, 1.54) is 24.3 Å². The normalized spacial score (nSPS) is 11.6. The van der Waals surface area contributed by atoms with E-state index in [1.807, 2.05) is 18.2 Å². The van der Waals surface area contributed by atoms with Crippen LogP contribution in [0.2, 0.25) is 0 Å². The smallest absolute Gasteiger partial charge is 0.341 e. The van der Waals surface area contributed by atoms with Crippen LogP contribution in [-0.4, -0.2) is 18.5 Å². The zero-order valence-electron chi connectivity index (χ0n) is 13.7. The largest absolute Gasteiger partial charge is 0.452 e. The first-order valence-electron chi connectivity index (χ1n) is 7.83. The molecule has 24 heavy (non-hydrogen) atoms. The van der Waals surface area contributed by atoms with Crippen LogP contribution in [-0.2, 0) is 9.53 Å². The summed E-state index contributed by atoms with van der Waals surface area (Å²) in [6, 6.07) is 13.0. The Kier molecular flexibility index (Phi) is 6.07. The Hall–Kier alpha value is -2.69. The van der Waals surface area contributed by atoms with Gasteiger partial charge in [-0.15, -0.1) is 0 Å². The number of amides is 1. The molecule has 0 spiro atoms. The van der Waals surface area contributed by atoms with Gasteiger partial charge in [-0.25, -0.2) is 9.18 Å². The van der Waals surface area contributed by atoms with Gasteiger partial charge in [-0.2, -0.15) is 0 Å². The lowest BCUT2D eigenvalue weighted by Crippen LogP contribution is -2.22. The zero-order chi connectivity index (χ0) is 17.5. The number of para-hydroxylation sites is 1. The maximum Gasteiger partial charge on any atom is 0.341 e. The summed E-state index contributed by atoms with van der Waals surface area (Å²) in [4.78, 5) is 23.8. The predicted octanol–water partition coefficient (Wildman–Crippen LogP) is 4.13. The van der Waals surface area contributed by atoms with E-state index < -0.39 is 24.3 Å². The van der Waals surface area contributed by atoms with Gasteiger partial charge in [-0.1, -0.05) is 44.2 Å². The van der Waals surface area contributed by atoms with E-state index >= 15 is 0 Å². The molecule has 126 valence electrons. The minimum absolute atomic E-state index is 0.190. The number of anilines is 1. The molecule has 1 amide bonds. The van der Waals surface area contributed by atoms with Crippen molar-refractivity contribution in [2.75, 3.05) is 11.9 Å². The van der Waals surface area contributed by atoms with Crippen molar-refractivity contribution in [3.8, 4) is 0 Å². The van der Waals surface area contributed by atoms with Gasteiger partial charge < -0.3 is 10.1 Å². The Morgan fingerprint density at radius 1 is 1.12 bits per heavy atom. The van der Waals surface area contributed by atoms with Crippen LogP contribution in [0.5, 0.6) is 0 Å². The molecule has 0 aliphatic carbocycles. The maximum absolute atomic E-state index is 13.5. The molecule has 0 fully saturated rings. The highest BCUT2D eigenvalue weighted by Gasteiger charge is 2.15. The van der Waals surface area contributed by atoms with Crippen molar-refractivity contribution in [3.05, 3.63) is 65.5 Å². The average molecular weight is 329 g/mol. The number of carbonyl (C=O) groups excluding carboxylic acids is 2. The van der Waals surface area contributed by atoms with Crippen LogP contribution < -0.4 is 5.32 Å². The summed E-state index contributed by atoms with van der Waals surface area (Å²) in [7, 11) is 0. The summed E-state index contributed by atoms with van der Waals surface area (Å²) in [6.07, 6.45) is 0.940. The van der Waals surface area contributed by atoms with E-state index in [4.69, 9.17) is 4.74 Å². The Balaban J connectivity index is 1.97. The van der Waals surface area contributed by atoms with Crippen LogP contribution in [0.25, 0.3) is 0 Å². The molecule has 0 bridgehead atoms. The number of esters is 1. The van der Waals surface area contributed by atoms with Gasteiger partial charge in [-0.3, -0.25) is 4.79 Å². The molecule has 0 aliphatic rings. The van der Waals surface area contributed by atoms with Gasteiger partial charge in [0.05, 0.1) is 5.56 Å². The number of hydrogen-bond acceptors (Lipinski definition) is 3. The van der Waals surface area contributed by atoms with Gasteiger partial charge in [0, 0.05) is 5.69 Å². The highest BCUT2D eigenvalue weighted by atomic mass is 19.1. The van der Waals surface area contributed by atoms with Crippen molar-refractivity contribution in [3.63, 3.8) is 0 Å². The SMILES string of the molecule is CCC(C)c1ccccc1NC(=O)COC(=O)c1ccccc1F. The highest BCUT2D eigenvalue weighted by molar-refractivity contribution is 5.96. The summed E-state index contributed by atoms with van der Waals surface area (Å²) in [5.74, 6) is -1.71. The molecule has 1 unspecified atom stereocenters. The van der Waals surface area contributed by atoms with Crippen molar-refractivity contribution < 1.29 is 18.7 Å². The molecular formula is C19H20FNO3. The summed E-state index contributed by atoms with van der Waals surface area (Å²) in [6.45, 7) is 3.67. The lowest BCUT2D eigenvalue weighted by Gasteiger charge is -2.15. The minimum atomic E-state index is -0.863. The van der Waals surface area contributed by atoms with Gasteiger partial charge >= 0.3 is 5.97 Å². The van der Waals surface area contributed by atoms with Gasteiger partial charge in [0.2, 0.25) is 0 Å². The predicted molar refractivity (Wildman–Crippen MR) is 90.5 cm³/mol. The van der Waals surface area contributed by atoms with E-state index in [2.05, 4.69) is 19.2 Å². The second-order valence-electron chi connectivity index (χ2n) is 5.50. The number of rotatable bonds is 6. The van der Waals surface area contributed by atoms with Gasteiger partial charge in [0.15, 0.2) is 6.61 Å². The molecule has 2 rings (SSSR count). The molecule has 2 aromatic carbocycles. The quantitative estimate of drug-likeness (QED) is 0.811. The van der Waals surface area contributed by atoms with E-state index in [-0.39, 0.29) is 5.56 Å². The number of hydrogen-bond donors (Lipinski definition) is 1. The van der Waals surface area contributed by atoms with E-state index in [1.54, 1.807) is 6.07 Å². The van der Waals surface area contributed by atoms with Crippen LogP contribution in [0.4, 0.5) is 10.1 Å². The van der Waals surface area contributed by atoms with Crippen LogP contribution in [0.15, 0.2) is 48.5 Å². The Morgan fingerprint density at radius 3 is 2.50 bits per heavy atom. The fourth-order valence-electron chi connectivity index (χ4n) is 2.28. The van der Waals surface area contributed by atoms with E-state index in [9.17, 15) is 14.0 Å². The lowest BCUT2D eigenvalue weighted by atomic mass is 9.97. The van der Waals surface area contributed by atoms with Crippen molar-refractivity contribution >= 4 is 17.6 Å². The average Bonchev–Trinajstić information content (AvgIpc) is 2.60. The van der Waals surface area contributed by atoms with Crippen LogP contribution >= 0.6 is 0 Å². The van der Waals surface area contributed by atoms with Crippen molar-refractivity contribution in [1.82, 2.24) is 0 Å². The first kappa shape index (κ1) is 17.7. The third kappa shape index (κ3) is 4.41. The van der Waals surface area contributed by atoms with Crippen LogP contribution in [0.3, 0.4) is 0 Å². The number of nitrogens with one attached hydrogen (secondary N) is 1. The molecule has 0 radical (unpaired) electrons. The summed E-state index contributed by atoms with van der Waals surface area (Å²) < 4.78 is 18.4. The minimum Gasteiger partial charge on any atom is -0.452 e. The highest BCUT2D eigenvalue weighted by Crippen LogP contribution is 2.26. The standard InChI is InChI=1S/C19H20FNO3/c1-3-13(2)14-8-5-7-11-17(14)21-18(22)12-24-19(23)15-9-4-6-10-16(15)20/h4-11,13H,3,12H2,1-2H3,(H,21,22). The molecule has 1 atom stereocenters. The fraction of sp³-hybridized carbons (Fsp3) is 0.263. The Morgan fingerprint density at radius 2 is 1.79 bits per heavy atom. The number of halogens is 1. The molecule has 5 heteroatoms. The van der Waals surface area contributed by atoms with Gasteiger partial charge in [-0.05, 0) is 36.1 Å². The molecule has 0 saturated carbocycles. The van der Waals surface area contributed by atoms with Gasteiger partial charge in [0.25, 0.3) is 5.91 Å². The first-order valence-corrected chi connectivity index (χ1v) is 7.83. The summed E-state index contributed by atoms with van der Waals surface area (Å²) >= 11 is 0. The van der Waals surface area contributed by atoms with Gasteiger partial charge in [0.1, 0.15) is 5.82 Å². The number of benzene rings is 2.